The van der Waals surface area contributed by atoms with Gasteiger partial charge >= 0.3 is 5.69 Å². The number of aliphatic hydroxyl groups is 2. The van der Waals surface area contributed by atoms with Gasteiger partial charge in [-0.25, -0.2) is 9.36 Å². The number of nitrogens with one attached hydrogen (secondary N) is 1. The van der Waals surface area contributed by atoms with Crippen LogP contribution in [0.1, 0.15) is 26.9 Å². The molecule has 0 fully saturated rings. The molecule has 1 amide bonds. The molecule has 33 heavy (non-hydrogen) atoms. The van der Waals surface area contributed by atoms with E-state index in [1.807, 2.05) is 6.07 Å². The molecule has 2 heterocycles. The van der Waals surface area contributed by atoms with Gasteiger partial charge in [0.15, 0.2) is 0 Å². The first-order valence-electron chi connectivity index (χ1n) is 9.97. The summed E-state index contributed by atoms with van der Waals surface area (Å²) in [6, 6.07) is 15.1. The van der Waals surface area contributed by atoms with Gasteiger partial charge in [-0.15, -0.1) is 11.3 Å². The monoisotopic (exact) mass is 485 g/mol. The maximum atomic E-state index is 13.1. The van der Waals surface area contributed by atoms with Gasteiger partial charge in [0.1, 0.15) is 4.34 Å². The zero-order valence-electron chi connectivity index (χ0n) is 17.5. The van der Waals surface area contributed by atoms with Crippen LogP contribution < -0.4 is 11.2 Å². The van der Waals surface area contributed by atoms with Crippen LogP contribution in [0.3, 0.4) is 0 Å². The second-order valence-electron chi connectivity index (χ2n) is 7.45. The van der Waals surface area contributed by atoms with Crippen LogP contribution >= 0.6 is 22.9 Å². The number of aromatic nitrogens is 2. The third-order valence-corrected chi connectivity index (χ3v) is 6.61. The standard InChI is InChI=1S/C23H20ClN3O5S/c1-26(11-17(29)13-6-3-2-4-7-13)21(30)18-10-16(20(24)33-18)27-22(31)19-14(12-28)8-5-9-15(19)25-23(27)32/h2-10,17,28-29H,11-12H2,1H3,(H,25,32). The summed E-state index contributed by atoms with van der Waals surface area (Å²) in [6.07, 6.45) is -0.877. The lowest BCUT2D eigenvalue weighted by atomic mass is 10.1. The van der Waals surface area contributed by atoms with Gasteiger partial charge in [-0.2, -0.15) is 0 Å². The van der Waals surface area contributed by atoms with Crippen molar-refractivity contribution in [1.29, 1.82) is 0 Å². The molecule has 0 aliphatic heterocycles. The zero-order chi connectivity index (χ0) is 23.7. The number of carbonyl (C=O) groups is 1. The maximum absolute atomic E-state index is 13.1. The quantitative estimate of drug-likeness (QED) is 0.388. The minimum absolute atomic E-state index is 0.0457. The lowest BCUT2D eigenvalue weighted by Gasteiger charge is -2.20. The van der Waals surface area contributed by atoms with Crippen LogP contribution in [0.25, 0.3) is 16.6 Å². The molecule has 4 rings (SSSR count). The van der Waals surface area contributed by atoms with Crippen molar-refractivity contribution in [3.63, 3.8) is 0 Å². The number of hydrogen-bond donors (Lipinski definition) is 3. The number of carbonyl (C=O) groups excluding carboxylic acids is 1. The van der Waals surface area contributed by atoms with E-state index in [9.17, 15) is 24.6 Å². The molecule has 170 valence electrons. The average Bonchev–Trinajstić information content (AvgIpc) is 3.19. The van der Waals surface area contributed by atoms with Crippen LogP contribution in [0.15, 0.2) is 64.2 Å². The molecule has 0 bridgehead atoms. The number of aliphatic hydroxyl groups excluding tert-OH is 2. The molecule has 0 aliphatic carbocycles. The Balaban J connectivity index is 1.69. The highest BCUT2D eigenvalue weighted by molar-refractivity contribution is 7.18. The molecule has 0 saturated carbocycles. The molecule has 3 N–H and O–H groups in total. The van der Waals surface area contributed by atoms with Gasteiger partial charge < -0.3 is 20.1 Å². The van der Waals surface area contributed by atoms with E-state index in [4.69, 9.17) is 11.6 Å². The summed E-state index contributed by atoms with van der Waals surface area (Å²) in [5.41, 5.74) is 0.0443. The molecule has 2 aromatic carbocycles. The first kappa shape index (κ1) is 22.9. The predicted molar refractivity (Wildman–Crippen MR) is 127 cm³/mol. The van der Waals surface area contributed by atoms with Crippen molar-refractivity contribution < 1.29 is 15.0 Å². The first-order chi connectivity index (χ1) is 15.8. The Bertz CT molecular complexity index is 1440. The summed E-state index contributed by atoms with van der Waals surface area (Å²) in [5.74, 6) is -0.413. The van der Waals surface area contributed by atoms with E-state index in [0.717, 1.165) is 15.9 Å². The zero-order valence-corrected chi connectivity index (χ0v) is 19.1. The molecular formula is C23H20ClN3O5S. The highest BCUT2D eigenvalue weighted by atomic mass is 35.5. The Kier molecular flexibility index (Phi) is 6.48. The average molecular weight is 486 g/mol. The summed E-state index contributed by atoms with van der Waals surface area (Å²) >= 11 is 7.27. The summed E-state index contributed by atoms with van der Waals surface area (Å²) < 4.78 is 0.944. The molecule has 0 spiro atoms. The normalized spacial score (nSPS) is 12.1. The van der Waals surface area contributed by atoms with E-state index in [-0.39, 0.29) is 33.4 Å². The summed E-state index contributed by atoms with van der Waals surface area (Å²) in [6.45, 7) is -0.335. The third kappa shape index (κ3) is 4.36. The lowest BCUT2D eigenvalue weighted by molar-refractivity contribution is 0.0685. The van der Waals surface area contributed by atoms with Crippen molar-refractivity contribution in [2.45, 2.75) is 12.7 Å². The van der Waals surface area contributed by atoms with E-state index in [1.54, 1.807) is 49.5 Å². The maximum Gasteiger partial charge on any atom is 0.333 e. The molecule has 0 saturated heterocycles. The van der Waals surface area contributed by atoms with Gasteiger partial charge in [0, 0.05) is 7.05 Å². The van der Waals surface area contributed by atoms with Crippen LogP contribution in [-0.4, -0.2) is 44.2 Å². The molecule has 2 aromatic heterocycles. The van der Waals surface area contributed by atoms with Crippen molar-refractivity contribution in [2.24, 2.45) is 0 Å². The van der Waals surface area contributed by atoms with Gasteiger partial charge in [0.2, 0.25) is 0 Å². The van der Waals surface area contributed by atoms with Crippen molar-refractivity contribution >= 4 is 39.7 Å². The minimum Gasteiger partial charge on any atom is -0.392 e. The Morgan fingerprint density at radius 3 is 2.61 bits per heavy atom. The van der Waals surface area contributed by atoms with Crippen LogP contribution in [0, 0.1) is 0 Å². The number of thiophene rings is 1. The number of hydrogen-bond acceptors (Lipinski definition) is 6. The number of amides is 1. The van der Waals surface area contributed by atoms with Crippen LogP contribution in [-0.2, 0) is 6.61 Å². The number of aromatic amines is 1. The molecular weight excluding hydrogens is 466 g/mol. The lowest BCUT2D eigenvalue weighted by Crippen LogP contribution is -2.34. The predicted octanol–water partition coefficient (Wildman–Crippen LogP) is 2.69. The largest absolute Gasteiger partial charge is 0.392 e. The van der Waals surface area contributed by atoms with E-state index in [2.05, 4.69) is 4.98 Å². The molecule has 1 unspecified atom stereocenters. The Morgan fingerprint density at radius 2 is 1.91 bits per heavy atom. The topological polar surface area (TPSA) is 116 Å². The molecule has 10 heteroatoms. The molecule has 8 nitrogen and oxygen atoms in total. The van der Waals surface area contributed by atoms with Crippen molar-refractivity contribution in [3.05, 3.63) is 95.8 Å². The number of benzene rings is 2. The van der Waals surface area contributed by atoms with Gasteiger partial charge in [0.05, 0.1) is 40.7 Å². The molecule has 1 atom stereocenters. The summed E-state index contributed by atoms with van der Waals surface area (Å²) in [7, 11) is 1.55. The molecule has 4 aromatic rings. The fraction of sp³-hybridized carbons (Fsp3) is 0.174. The van der Waals surface area contributed by atoms with Crippen molar-refractivity contribution in [3.8, 4) is 5.69 Å². The highest BCUT2D eigenvalue weighted by Gasteiger charge is 2.23. The van der Waals surface area contributed by atoms with E-state index in [0.29, 0.717) is 16.6 Å². The number of H-pyrrole nitrogens is 1. The van der Waals surface area contributed by atoms with Crippen LogP contribution in [0.4, 0.5) is 0 Å². The van der Waals surface area contributed by atoms with Crippen LogP contribution in [0.2, 0.25) is 4.34 Å². The summed E-state index contributed by atoms with van der Waals surface area (Å²) in [5, 5.41) is 20.2. The Hall–Kier alpha value is -3.24. The fourth-order valence-corrected chi connectivity index (χ4v) is 4.86. The van der Waals surface area contributed by atoms with Gasteiger partial charge in [-0.1, -0.05) is 54.1 Å². The van der Waals surface area contributed by atoms with Gasteiger partial charge in [0.25, 0.3) is 11.5 Å². The second-order valence-corrected chi connectivity index (χ2v) is 9.10. The van der Waals surface area contributed by atoms with E-state index in [1.165, 1.54) is 11.0 Å². The minimum atomic E-state index is -0.877. The van der Waals surface area contributed by atoms with Gasteiger partial charge in [-0.05, 0) is 23.3 Å². The number of fused-ring (bicyclic) bond motifs is 1. The highest BCUT2D eigenvalue weighted by Crippen LogP contribution is 2.31. The van der Waals surface area contributed by atoms with Crippen LogP contribution in [0.5, 0.6) is 0 Å². The number of halogens is 1. The van der Waals surface area contributed by atoms with Crippen molar-refractivity contribution in [2.75, 3.05) is 13.6 Å². The summed E-state index contributed by atoms with van der Waals surface area (Å²) in [4.78, 5) is 43.0. The van der Waals surface area contributed by atoms with Crippen molar-refractivity contribution in [1.82, 2.24) is 14.5 Å². The second kappa shape index (κ2) is 9.32. The SMILES string of the molecule is CN(CC(O)c1ccccc1)C(=O)c1cc(-n2c(=O)[nH]c3cccc(CO)c3c2=O)c(Cl)s1. The van der Waals surface area contributed by atoms with E-state index < -0.39 is 23.3 Å². The molecule has 0 aliphatic rings. The number of likely N-dealkylation sites (N-methyl/N-ethyl adjacent to an activating group) is 1. The number of rotatable bonds is 6. The third-order valence-electron chi connectivity index (χ3n) is 5.28. The number of nitrogens with zero attached hydrogens (tertiary/aromatic N) is 2. The van der Waals surface area contributed by atoms with E-state index >= 15 is 0 Å². The first-order valence-corrected chi connectivity index (χ1v) is 11.2. The Morgan fingerprint density at radius 1 is 1.18 bits per heavy atom. The smallest absolute Gasteiger partial charge is 0.333 e. The Labute approximate surface area is 196 Å². The fourth-order valence-electron chi connectivity index (χ4n) is 3.61. The molecule has 0 radical (unpaired) electrons. The van der Waals surface area contributed by atoms with Gasteiger partial charge in [-0.3, -0.25) is 9.59 Å².